The van der Waals surface area contributed by atoms with Crippen molar-refractivity contribution in [2.45, 2.75) is 17.9 Å². The summed E-state index contributed by atoms with van der Waals surface area (Å²) in [5, 5.41) is 2.66. The lowest BCUT2D eigenvalue weighted by Gasteiger charge is -2.23. The summed E-state index contributed by atoms with van der Waals surface area (Å²) >= 11 is 0. The molecular formula is C16H16N2O5S. The zero-order valence-electron chi connectivity index (χ0n) is 13.1. The topological polar surface area (TPSA) is 93.7 Å². The predicted octanol–water partition coefficient (Wildman–Crippen LogP) is 2.22. The third-order valence-corrected chi connectivity index (χ3v) is 4.91. The van der Waals surface area contributed by atoms with Gasteiger partial charge in [0.2, 0.25) is 0 Å². The normalized spacial score (nSPS) is 16.6. The Bertz CT molecular complexity index is 895. The highest BCUT2D eigenvalue weighted by Gasteiger charge is 2.26. The molecule has 0 aliphatic carbocycles. The number of hydrogen-bond acceptors (Lipinski definition) is 5. The maximum absolute atomic E-state index is 12.6. The Balaban J connectivity index is 1.93. The highest BCUT2D eigenvalue weighted by atomic mass is 32.2. The van der Waals surface area contributed by atoms with Crippen LogP contribution in [0, 0.1) is 0 Å². The number of methoxy groups -OCH3 is 1. The van der Waals surface area contributed by atoms with Crippen LogP contribution >= 0.6 is 0 Å². The summed E-state index contributed by atoms with van der Waals surface area (Å²) < 4.78 is 38.3. The van der Waals surface area contributed by atoms with Gasteiger partial charge in [0, 0.05) is 6.07 Å². The zero-order valence-corrected chi connectivity index (χ0v) is 13.9. The first-order valence-electron chi connectivity index (χ1n) is 7.18. The molecule has 1 unspecified atom stereocenters. The van der Waals surface area contributed by atoms with Gasteiger partial charge in [-0.2, -0.15) is 0 Å². The molecule has 0 radical (unpaired) electrons. The van der Waals surface area contributed by atoms with Crippen LogP contribution in [0.5, 0.6) is 11.5 Å². The van der Waals surface area contributed by atoms with Crippen molar-refractivity contribution in [1.82, 2.24) is 0 Å². The molecule has 2 aromatic rings. The van der Waals surface area contributed by atoms with E-state index in [-0.39, 0.29) is 10.8 Å². The minimum Gasteiger partial charge on any atom is -0.495 e. The van der Waals surface area contributed by atoms with E-state index in [9.17, 15) is 13.2 Å². The fourth-order valence-electron chi connectivity index (χ4n) is 2.28. The molecule has 2 aromatic carbocycles. The summed E-state index contributed by atoms with van der Waals surface area (Å²) in [6, 6.07) is 11.0. The molecule has 2 N–H and O–H groups in total. The first kappa shape index (κ1) is 16.1. The Morgan fingerprint density at radius 2 is 1.96 bits per heavy atom. The Kier molecular flexibility index (Phi) is 4.06. The minimum absolute atomic E-state index is 0.0236. The van der Waals surface area contributed by atoms with Crippen LogP contribution in [0.4, 0.5) is 11.4 Å². The van der Waals surface area contributed by atoms with Crippen LogP contribution in [0.2, 0.25) is 0 Å². The first-order valence-corrected chi connectivity index (χ1v) is 8.66. The molecule has 1 atom stereocenters. The van der Waals surface area contributed by atoms with Gasteiger partial charge in [-0.1, -0.05) is 12.1 Å². The fraction of sp³-hybridized carbons (Fsp3) is 0.188. The lowest BCUT2D eigenvalue weighted by molar-refractivity contribution is -0.122. The molecule has 0 aromatic heterocycles. The molecule has 1 amide bonds. The quantitative estimate of drug-likeness (QED) is 0.883. The lowest BCUT2D eigenvalue weighted by atomic mass is 10.2. The Hall–Kier alpha value is -2.74. The average Bonchev–Trinajstić information content (AvgIpc) is 2.55. The molecule has 1 aliphatic rings. The van der Waals surface area contributed by atoms with E-state index >= 15 is 0 Å². The zero-order chi connectivity index (χ0) is 17.3. The van der Waals surface area contributed by atoms with Gasteiger partial charge >= 0.3 is 0 Å². The lowest BCUT2D eigenvalue weighted by Crippen LogP contribution is -2.34. The summed E-state index contributed by atoms with van der Waals surface area (Å²) in [6.45, 7) is 1.59. The molecule has 0 saturated carbocycles. The summed E-state index contributed by atoms with van der Waals surface area (Å²) in [7, 11) is -2.37. The van der Waals surface area contributed by atoms with Gasteiger partial charge in [0.15, 0.2) is 6.10 Å². The van der Waals surface area contributed by atoms with Crippen molar-refractivity contribution < 1.29 is 22.7 Å². The number of para-hydroxylation sites is 2. The van der Waals surface area contributed by atoms with Gasteiger partial charge in [-0.15, -0.1) is 0 Å². The van der Waals surface area contributed by atoms with Crippen LogP contribution in [0.25, 0.3) is 0 Å². The van der Waals surface area contributed by atoms with E-state index in [2.05, 4.69) is 10.0 Å². The summed E-state index contributed by atoms with van der Waals surface area (Å²) in [6.07, 6.45) is -0.683. The molecule has 7 nitrogen and oxygen atoms in total. The number of carbonyl (C=O) groups excluding carboxylic acids is 1. The van der Waals surface area contributed by atoms with E-state index in [1.807, 2.05) is 0 Å². The van der Waals surface area contributed by atoms with Gasteiger partial charge < -0.3 is 14.8 Å². The molecule has 1 heterocycles. The van der Waals surface area contributed by atoms with E-state index < -0.39 is 16.1 Å². The average molecular weight is 348 g/mol. The number of nitrogens with one attached hydrogen (secondary N) is 2. The number of fused-ring (bicyclic) bond motifs is 1. The standard InChI is InChI=1S/C16H16N2O5S/c1-10-16(19)17-12-8-7-11(9-15(12)23-10)24(20,21)18-13-5-3-4-6-14(13)22-2/h3-10,18H,1-2H3,(H,17,19). The number of carbonyl (C=O) groups is 1. The number of rotatable bonds is 4. The first-order chi connectivity index (χ1) is 11.4. The maximum atomic E-state index is 12.6. The van der Waals surface area contributed by atoms with Crippen LogP contribution in [0.1, 0.15) is 6.92 Å². The second-order valence-electron chi connectivity index (χ2n) is 5.21. The molecule has 24 heavy (non-hydrogen) atoms. The van der Waals surface area contributed by atoms with Crippen LogP contribution in [0.3, 0.4) is 0 Å². The number of amides is 1. The van der Waals surface area contributed by atoms with Gasteiger partial charge in [-0.05, 0) is 31.2 Å². The SMILES string of the molecule is COc1ccccc1NS(=O)(=O)c1ccc2c(c1)OC(C)C(=O)N2. The monoisotopic (exact) mass is 348 g/mol. The number of ether oxygens (including phenoxy) is 2. The van der Waals surface area contributed by atoms with Crippen molar-refractivity contribution in [1.29, 1.82) is 0 Å². The van der Waals surface area contributed by atoms with E-state index in [0.29, 0.717) is 22.9 Å². The number of anilines is 2. The molecule has 8 heteroatoms. The Morgan fingerprint density at radius 1 is 1.21 bits per heavy atom. The summed E-state index contributed by atoms with van der Waals surface area (Å²) in [5.41, 5.74) is 0.773. The van der Waals surface area contributed by atoms with Crippen molar-refractivity contribution in [2.75, 3.05) is 17.1 Å². The van der Waals surface area contributed by atoms with Crippen molar-refractivity contribution in [3.63, 3.8) is 0 Å². The van der Waals surface area contributed by atoms with Gasteiger partial charge in [0.25, 0.3) is 15.9 Å². The van der Waals surface area contributed by atoms with Gasteiger partial charge in [-0.3, -0.25) is 9.52 Å². The molecule has 0 saturated heterocycles. The summed E-state index contributed by atoms with van der Waals surface area (Å²) in [5.74, 6) is 0.450. The minimum atomic E-state index is -3.83. The van der Waals surface area contributed by atoms with E-state index in [4.69, 9.17) is 9.47 Å². The van der Waals surface area contributed by atoms with Crippen molar-refractivity contribution >= 4 is 27.3 Å². The Morgan fingerprint density at radius 3 is 2.71 bits per heavy atom. The van der Waals surface area contributed by atoms with E-state index in [1.165, 1.54) is 25.3 Å². The van der Waals surface area contributed by atoms with Crippen molar-refractivity contribution in [3.05, 3.63) is 42.5 Å². The van der Waals surface area contributed by atoms with Crippen LogP contribution in [-0.2, 0) is 14.8 Å². The largest absolute Gasteiger partial charge is 0.495 e. The van der Waals surface area contributed by atoms with Crippen LogP contribution in [0.15, 0.2) is 47.4 Å². The van der Waals surface area contributed by atoms with Crippen LogP contribution < -0.4 is 19.5 Å². The Labute approximate surface area is 139 Å². The molecule has 3 rings (SSSR count). The highest BCUT2D eigenvalue weighted by Crippen LogP contribution is 2.33. The van der Waals surface area contributed by atoms with Crippen molar-refractivity contribution in [3.8, 4) is 11.5 Å². The van der Waals surface area contributed by atoms with E-state index in [1.54, 1.807) is 31.2 Å². The molecule has 0 bridgehead atoms. The van der Waals surface area contributed by atoms with Crippen molar-refractivity contribution in [2.24, 2.45) is 0 Å². The molecular weight excluding hydrogens is 332 g/mol. The number of hydrogen-bond donors (Lipinski definition) is 2. The third kappa shape index (κ3) is 3.00. The number of sulfonamides is 1. The van der Waals surface area contributed by atoms with Gasteiger partial charge in [0.05, 0.1) is 23.4 Å². The highest BCUT2D eigenvalue weighted by molar-refractivity contribution is 7.92. The fourth-order valence-corrected chi connectivity index (χ4v) is 3.37. The van der Waals surface area contributed by atoms with Gasteiger partial charge in [0.1, 0.15) is 11.5 Å². The predicted molar refractivity (Wildman–Crippen MR) is 89.0 cm³/mol. The molecule has 1 aliphatic heterocycles. The number of benzene rings is 2. The van der Waals surface area contributed by atoms with Crippen LogP contribution in [-0.4, -0.2) is 27.5 Å². The smallest absolute Gasteiger partial charge is 0.265 e. The van der Waals surface area contributed by atoms with E-state index in [0.717, 1.165) is 0 Å². The molecule has 126 valence electrons. The maximum Gasteiger partial charge on any atom is 0.265 e. The second-order valence-corrected chi connectivity index (χ2v) is 6.90. The third-order valence-electron chi connectivity index (χ3n) is 3.55. The molecule has 0 fully saturated rings. The summed E-state index contributed by atoms with van der Waals surface area (Å²) in [4.78, 5) is 11.6. The van der Waals surface area contributed by atoms with Gasteiger partial charge in [-0.25, -0.2) is 8.42 Å². The second kappa shape index (κ2) is 6.04. The molecule has 0 spiro atoms.